The second-order valence-electron chi connectivity index (χ2n) is 6.09. The van der Waals surface area contributed by atoms with Gasteiger partial charge in [0.25, 0.3) is 0 Å². The lowest BCUT2D eigenvalue weighted by molar-refractivity contribution is -0.130. The number of benzene rings is 1. The first-order valence-corrected chi connectivity index (χ1v) is 11.1. The predicted molar refractivity (Wildman–Crippen MR) is 130 cm³/mol. The van der Waals surface area contributed by atoms with Crippen LogP contribution in [0.5, 0.6) is 0 Å². The number of hydrogen-bond donors (Lipinski definition) is 2. The smallest absolute Gasteiger partial charge is 0.242 e. The number of thiophene rings is 1. The Hall–Kier alpha value is -0.970. The van der Waals surface area contributed by atoms with E-state index in [4.69, 9.17) is 11.6 Å². The van der Waals surface area contributed by atoms with Crippen LogP contribution in [0.4, 0.5) is 0 Å². The van der Waals surface area contributed by atoms with Gasteiger partial charge < -0.3 is 15.5 Å². The van der Waals surface area contributed by atoms with Crippen LogP contribution < -0.4 is 10.6 Å². The minimum atomic E-state index is 0. The topological polar surface area (TPSA) is 56.7 Å². The molecule has 5 nitrogen and oxygen atoms in total. The summed E-state index contributed by atoms with van der Waals surface area (Å²) in [7, 11) is 1.71. The van der Waals surface area contributed by atoms with Crippen molar-refractivity contribution in [3.8, 4) is 0 Å². The number of nitrogens with zero attached hydrogens (tertiary/aromatic N) is 2. The quantitative estimate of drug-likeness (QED) is 0.189. The summed E-state index contributed by atoms with van der Waals surface area (Å²) in [4.78, 5) is 21.1. The average molecular weight is 551 g/mol. The Morgan fingerprint density at radius 1 is 1.29 bits per heavy atom. The summed E-state index contributed by atoms with van der Waals surface area (Å²) in [6.45, 7) is 2.51. The molecule has 0 saturated heterocycles. The first-order valence-electron chi connectivity index (χ1n) is 8.81. The second kappa shape index (κ2) is 11.9. The predicted octanol–water partition coefficient (Wildman–Crippen LogP) is 3.86. The number of carbonyl (C=O) groups is 1. The molecule has 0 saturated carbocycles. The monoisotopic (exact) mass is 550 g/mol. The van der Waals surface area contributed by atoms with Crippen molar-refractivity contribution in [1.29, 1.82) is 0 Å². The van der Waals surface area contributed by atoms with E-state index >= 15 is 0 Å². The molecule has 0 unspecified atom stereocenters. The number of carbonyl (C=O) groups excluding carboxylic acids is 1. The zero-order valence-electron chi connectivity index (χ0n) is 15.6. The van der Waals surface area contributed by atoms with Crippen LogP contribution in [-0.4, -0.2) is 49.2 Å². The van der Waals surface area contributed by atoms with Crippen LogP contribution in [-0.2, 0) is 17.8 Å². The molecule has 3 rings (SSSR count). The zero-order chi connectivity index (χ0) is 19.1. The van der Waals surface area contributed by atoms with E-state index in [1.54, 1.807) is 30.1 Å². The highest BCUT2D eigenvalue weighted by molar-refractivity contribution is 14.0. The average Bonchev–Trinajstić information content (AvgIpc) is 3.16. The standard InChI is InChI=1S/C19H23ClN4OS2.HI/c1-21-19(22-8-11-26-16-4-2-15(20)3-5-16)23-12-18(25)24-9-6-17-14(13-24)7-10-27-17;/h2-5,7,10H,6,8-9,11-13H2,1H3,(H2,21,22,23);1H. The highest BCUT2D eigenvalue weighted by Gasteiger charge is 2.21. The van der Waals surface area contributed by atoms with Crippen molar-refractivity contribution in [3.63, 3.8) is 0 Å². The molecule has 1 aliphatic heterocycles. The fourth-order valence-electron chi connectivity index (χ4n) is 2.82. The molecule has 0 spiro atoms. The highest BCUT2D eigenvalue weighted by atomic mass is 127. The minimum Gasteiger partial charge on any atom is -0.356 e. The van der Waals surface area contributed by atoms with E-state index in [2.05, 4.69) is 27.1 Å². The van der Waals surface area contributed by atoms with Crippen molar-refractivity contribution in [2.75, 3.05) is 32.4 Å². The van der Waals surface area contributed by atoms with Crippen LogP contribution in [0.2, 0.25) is 5.02 Å². The van der Waals surface area contributed by atoms with Crippen LogP contribution in [0.25, 0.3) is 0 Å². The number of aliphatic imine (C=N–C) groups is 1. The lowest BCUT2D eigenvalue weighted by Crippen LogP contribution is -2.46. The van der Waals surface area contributed by atoms with Gasteiger partial charge in [0.1, 0.15) is 0 Å². The molecule has 2 heterocycles. The molecule has 1 amide bonds. The van der Waals surface area contributed by atoms with Crippen molar-refractivity contribution in [2.45, 2.75) is 17.9 Å². The minimum absolute atomic E-state index is 0. The van der Waals surface area contributed by atoms with E-state index in [-0.39, 0.29) is 36.4 Å². The third-order valence-electron chi connectivity index (χ3n) is 4.27. The maximum absolute atomic E-state index is 12.5. The molecule has 28 heavy (non-hydrogen) atoms. The SMILES string of the molecule is CN=C(NCCSc1ccc(Cl)cc1)NCC(=O)N1CCc2sccc2C1.I. The van der Waals surface area contributed by atoms with E-state index < -0.39 is 0 Å². The fraction of sp³-hybridized carbons (Fsp3) is 0.368. The number of guanidine groups is 1. The number of hydrogen-bond acceptors (Lipinski definition) is 4. The van der Waals surface area contributed by atoms with Crippen molar-refractivity contribution in [1.82, 2.24) is 15.5 Å². The molecule has 0 bridgehead atoms. The van der Waals surface area contributed by atoms with Gasteiger partial charge in [0.15, 0.2) is 5.96 Å². The van der Waals surface area contributed by atoms with E-state index in [1.807, 2.05) is 29.2 Å². The number of amides is 1. The summed E-state index contributed by atoms with van der Waals surface area (Å²) in [5, 5.41) is 9.21. The second-order valence-corrected chi connectivity index (χ2v) is 8.69. The molecule has 0 radical (unpaired) electrons. The van der Waals surface area contributed by atoms with E-state index in [0.29, 0.717) is 12.5 Å². The first kappa shape index (κ1) is 23.3. The summed E-state index contributed by atoms with van der Waals surface area (Å²) in [5.41, 5.74) is 1.28. The summed E-state index contributed by atoms with van der Waals surface area (Å²) in [6, 6.07) is 9.92. The Kier molecular flexibility index (Phi) is 9.90. The van der Waals surface area contributed by atoms with Crippen molar-refractivity contribution >= 4 is 70.5 Å². The van der Waals surface area contributed by atoms with Gasteiger partial charge in [0.2, 0.25) is 5.91 Å². The molecular weight excluding hydrogens is 527 g/mol. The summed E-state index contributed by atoms with van der Waals surface area (Å²) in [6.07, 6.45) is 0.952. The van der Waals surface area contributed by atoms with Crippen LogP contribution in [0.15, 0.2) is 45.6 Å². The lowest BCUT2D eigenvalue weighted by atomic mass is 10.1. The fourth-order valence-corrected chi connectivity index (χ4v) is 4.61. The maximum Gasteiger partial charge on any atom is 0.242 e. The summed E-state index contributed by atoms with van der Waals surface area (Å²) >= 11 is 9.42. The largest absolute Gasteiger partial charge is 0.356 e. The highest BCUT2D eigenvalue weighted by Crippen LogP contribution is 2.23. The number of fused-ring (bicyclic) bond motifs is 1. The van der Waals surface area contributed by atoms with Gasteiger partial charge in [-0.3, -0.25) is 9.79 Å². The molecule has 1 aliphatic rings. The lowest BCUT2D eigenvalue weighted by Gasteiger charge is -2.27. The number of nitrogens with one attached hydrogen (secondary N) is 2. The molecule has 0 fully saturated rings. The van der Waals surface area contributed by atoms with Gasteiger partial charge in [0.05, 0.1) is 6.54 Å². The van der Waals surface area contributed by atoms with Gasteiger partial charge in [-0.05, 0) is 47.7 Å². The van der Waals surface area contributed by atoms with Gasteiger partial charge in [-0.25, -0.2) is 0 Å². The third kappa shape index (κ3) is 6.82. The Bertz CT molecular complexity index is 797. The van der Waals surface area contributed by atoms with Crippen molar-refractivity contribution < 1.29 is 4.79 Å². The van der Waals surface area contributed by atoms with E-state index in [1.165, 1.54) is 15.3 Å². The van der Waals surface area contributed by atoms with Crippen LogP contribution in [0.1, 0.15) is 10.4 Å². The molecular formula is C19H24ClIN4OS2. The summed E-state index contributed by atoms with van der Waals surface area (Å²) in [5.74, 6) is 1.64. The van der Waals surface area contributed by atoms with Gasteiger partial charge in [-0.2, -0.15) is 0 Å². The Labute approximate surface area is 196 Å². The number of thioether (sulfide) groups is 1. The molecule has 1 aromatic heterocycles. The normalized spacial score (nSPS) is 13.5. The van der Waals surface area contributed by atoms with Gasteiger partial charge in [-0.15, -0.1) is 47.1 Å². The molecule has 9 heteroatoms. The molecule has 152 valence electrons. The number of halogens is 2. The van der Waals surface area contributed by atoms with Gasteiger partial charge in [-0.1, -0.05) is 11.6 Å². The summed E-state index contributed by atoms with van der Waals surface area (Å²) < 4.78 is 0. The Morgan fingerprint density at radius 2 is 2.07 bits per heavy atom. The molecule has 1 aromatic carbocycles. The maximum atomic E-state index is 12.5. The van der Waals surface area contributed by atoms with Crippen LogP contribution >= 0.6 is 58.7 Å². The third-order valence-corrected chi connectivity index (χ3v) is 6.56. The Morgan fingerprint density at radius 3 is 2.82 bits per heavy atom. The van der Waals surface area contributed by atoms with Crippen molar-refractivity contribution in [3.05, 3.63) is 51.2 Å². The zero-order valence-corrected chi connectivity index (χ0v) is 20.3. The van der Waals surface area contributed by atoms with Crippen LogP contribution in [0.3, 0.4) is 0 Å². The Balaban J connectivity index is 0.00000280. The van der Waals surface area contributed by atoms with Gasteiger partial charge in [0, 0.05) is 47.2 Å². The molecule has 2 N–H and O–H groups in total. The van der Waals surface area contributed by atoms with Crippen LogP contribution in [0, 0.1) is 0 Å². The van der Waals surface area contributed by atoms with Gasteiger partial charge >= 0.3 is 0 Å². The van der Waals surface area contributed by atoms with E-state index in [9.17, 15) is 4.79 Å². The molecule has 2 aromatic rings. The molecule has 0 atom stereocenters. The number of rotatable bonds is 6. The molecule has 0 aliphatic carbocycles. The van der Waals surface area contributed by atoms with Crippen molar-refractivity contribution in [2.24, 2.45) is 4.99 Å². The van der Waals surface area contributed by atoms with E-state index in [0.717, 1.165) is 30.3 Å². The first-order chi connectivity index (χ1) is 13.2.